The molecular formula is C12H19BrN2O4S2. The van der Waals surface area contributed by atoms with Crippen LogP contribution in [0, 0.1) is 0 Å². The van der Waals surface area contributed by atoms with E-state index in [1.54, 1.807) is 0 Å². The molecular weight excluding hydrogens is 380 g/mol. The Morgan fingerprint density at radius 2 is 2.05 bits per heavy atom. The van der Waals surface area contributed by atoms with Crippen molar-refractivity contribution in [3.8, 4) is 0 Å². The van der Waals surface area contributed by atoms with Crippen LogP contribution < -0.4 is 10.5 Å². The lowest BCUT2D eigenvalue weighted by molar-refractivity contribution is 0.0606. The van der Waals surface area contributed by atoms with Gasteiger partial charge in [-0.2, -0.15) is 0 Å². The van der Waals surface area contributed by atoms with Gasteiger partial charge in [-0.3, -0.25) is 0 Å². The van der Waals surface area contributed by atoms with Gasteiger partial charge in [0.05, 0.1) is 10.9 Å². The van der Waals surface area contributed by atoms with Crippen molar-refractivity contribution in [2.24, 2.45) is 5.73 Å². The van der Waals surface area contributed by atoms with Crippen LogP contribution in [0.5, 0.6) is 0 Å². The summed E-state index contributed by atoms with van der Waals surface area (Å²) in [7, 11) is -2.53. The lowest BCUT2D eigenvalue weighted by Gasteiger charge is -2.30. The number of hydrogen-bond acceptors (Lipinski definition) is 6. The van der Waals surface area contributed by atoms with Gasteiger partial charge in [-0.15, -0.1) is 11.3 Å². The zero-order valence-corrected chi connectivity index (χ0v) is 15.3. The average molecular weight is 399 g/mol. The Morgan fingerprint density at radius 1 is 1.48 bits per heavy atom. The van der Waals surface area contributed by atoms with Crippen LogP contribution in [0.4, 0.5) is 0 Å². The molecule has 9 heteroatoms. The first-order chi connectivity index (χ1) is 9.75. The topological polar surface area (TPSA) is 98.5 Å². The van der Waals surface area contributed by atoms with E-state index in [2.05, 4.69) is 25.4 Å². The quantitative estimate of drug-likeness (QED) is 0.685. The van der Waals surface area contributed by atoms with E-state index in [0.717, 1.165) is 11.3 Å². The maximum absolute atomic E-state index is 12.5. The van der Waals surface area contributed by atoms with Crippen LogP contribution in [0.2, 0.25) is 0 Å². The highest BCUT2D eigenvalue weighted by molar-refractivity contribution is 9.11. The Morgan fingerprint density at radius 3 is 2.48 bits per heavy atom. The van der Waals surface area contributed by atoms with E-state index < -0.39 is 21.5 Å². The molecule has 0 atom stereocenters. The van der Waals surface area contributed by atoms with Crippen molar-refractivity contribution in [1.29, 1.82) is 0 Å². The molecule has 0 spiro atoms. The molecule has 0 radical (unpaired) electrons. The summed E-state index contributed by atoms with van der Waals surface area (Å²) in [5.41, 5.74) is 5.03. The number of methoxy groups -OCH3 is 1. The van der Waals surface area contributed by atoms with E-state index in [1.807, 2.05) is 13.8 Å². The van der Waals surface area contributed by atoms with Gasteiger partial charge in [-0.05, 0) is 34.8 Å². The maximum Gasteiger partial charge on any atom is 0.348 e. The Balaban J connectivity index is 3.20. The smallest absolute Gasteiger partial charge is 0.348 e. The third kappa shape index (κ3) is 4.04. The van der Waals surface area contributed by atoms with Gasteiger partial charge in [0.2, 0.25) is 10.0 Å². The maximum atomic E-state index is 12.5. The third-order valence-corrected chi connectivity index (χ3v) is 7.24. The minimum absolute atomic E-state index is 0.0209. The molecule has 0 saturated carbocycles. The van der Waals surface area contributed by atoms with E-state index in [-0.39, 0.29) is 16.3 Å². The Kier molecular flexibility index (Phi) is 6.36. The van der Waals surface area contributed by atoms with Crippen LogP contribution >= 0.6 is 27.3 Å². The lowest BCUT2D eigenvalue weighted by atomic mass is 9.95. The van der Waals surface area contributed by atoms with Gasteiger partial charge in [0, 0.05) is 12.1 Å². The molecule has 0 bridgehead atoms. The molecule has 0 amide bonds. The van der Waals surface area contributed by atoms with Gasteiger partial charge in [0.25, 0.3) is 0 Å². The fourth-order valence-corrected chi connectivity index (χ4v) is 5.84. The van der Waals surface area contributed by atoms with E-state index in [9.17, 15) is 13.2 Å². The van der Waals surface area contributed by atoms with Crippen molar-refractivity contribution in [2.75, 3.05) is 13.7 Å². The Labute approximate surface area is 137 Å². The summed E-state index contributed by atoms with van der Waals surface area (Å²) in [5, 5.41) is 0. The van der Waals surface area contributed by atoms with Gasteiger partial charge < -0.3 is 10.5 Å². The average Bonchev–Trinajstić information content (AvgIpc) is 2.87. The predicted octanol–water partition coefficient (Wildman–Crippen LogP) is 2.09. The van der Waals surface area contributed by atoms with Crippen molar-refractivity contribution >= 4 is 43.3 Å². The van der Waals surface area contributed by atoms with Crippen molar-refractivity contribution in [2.45, 2.75) is 37.1 Å². The number of thiophene rings is 1. The van der Waals surface area contributed by atoms with E-state index in [0.29, 0.717) is 16.6 Å². The molecule has 0 saturated heterocycles. The Bertz CT molecular complexity index is 601. The van der Waals surface area contributed by atoms with Crippen molar-refractivity contribution in [3.05, 3.63) is 14.7 Å². The van der Waals surface area contributed by atoms with E-state index in [4.69, 9.17) is 5.73 Å². The fourth-order valence-electron chi connectivity index (χ4n) is 1.80. The van der Waals surface area contributed by atoms with E-state index >= 15 is 0 Å². The number of esters is 1. The molecule has 0 aliphatic rings. The number of hydrogen-bond donors (Lipinski definition) is 2. The minimum Gasteiger partial charge on any atom is -0.465 e. The standard InChI is InChI=1S/C12H19BrN2O4S2/c1-4-12(5-2,7-14)15-21(17,18)9-6-8(11(16)19-3)20-10(9)13/h6,15H,4-5,7,14H2,1-3H3. The molecule has 3 N–H and O–H groups in total. The monoisotopic (exact) mass is 398 g/mol. The number of sulfonamides is 1. The van der Waals surface area contributed by atoms with Crippen LogP contribution in [0.3, 0.4) is 0 Å². The summed E-state index contributed by atoms with van der Waals surface area (Å²) in [6, 6.07) is 1.30. The molecule has 0 fully saturated rings. The van der Waals surface area contributed by atoms with Crippen LogP contribution in [-0.2, 0) is 14.8 Å². The minimum atomic E-state index is -3.78. The molecule has 1 rings (SSSR count). The van der Waals surface area contributed by atoms with Crippen LogP contribution in [-0.4, -0.2) is 33.6 Å². The van der Waals surface area contributed by atoms with Crippen LogP contribution in [0.15, 0.2) is 14.7 Å². The third-order valence-electron chi connectivity index (χ3n) is 3.43. The highest BCUT2D eigenvalue weighted by Crippen LogP contribution is 2.33. The number of nitrogens with two attached hydrogens (primary N) is 1. The first-order valence-electron chi connectivity index (χ1n) is 6.37. The van der Waals surface area contributed by atoms with Crippen LogP contribution in [0.25, 0.3) is 0 Å². The van der Waals surface area contributed by atoms with Crippen molar-refractivity contribution in [3.63, 3.8) is 0 Å². The fraction of sp³-hybridized carbons (Fsp3) is 0.583. The number of ether oxygens (including phenoxy) is 1. The van der Waals surface area contributed by atoms with Gasteiger partial charge >= 0.3 is 5.97 Å². The molecule has 0 aromatic carbocycles. The highest BCUT2D eigenvalue weighted by Gasteiger charge is 2.33. The molecule has 1 aromatic heterocycles. The second-order valence-corrected chi connectivity index (χ2v) is 8.56. The summed E-state index contributed by atoms with van der Waals surface area (Å²) < 4.78 is 32.7. The lowest BCUT2D eigenvalue weighted by Crippen LogP contribution is -2.52. The van der Waals surface area contributed by atoms with Crippen molar-refractivity contribution in [1.82, 2.24) is 4.72 Å². The SMILES string of the molecule is CCC(CC)(CN)NS(=O)(=O)c1cc(C(=O)OC)sc1Br. The second-order valence-electron chi connectivity index (χ2n) is 4.54. The summed E-state index contributed by atoms with van der Waals surface area (Å²) in [5.74, 6) is -0.571. The number of carbonyl (C=O) groups excluding carboxylic acids is 1. The summed E-state index contributed by atoms with van der Waals surface area (Å²) in [6.45, 7) is 3.95. The Hall–Kier alpha value is -0.480. The molecule has 0 aliphatic carbocycles. The van der Waals surface area contributed by atoms with Gasteiger partial charge in [-0.25, -0.2) is 17.9 Å². The number of rotatable bonds is 7. The molecule has 6 nitrogen and oxygen atoms in total. The summed E-state index contributed by atoms with van der Waals surface area (Å²) >= 11 is 4.20. The molecule has 120 valence electrons. The summed E-state index contributed by atoms with van der Waals surface area (Å²) in [6.07, 6.45) is 1.15. The zero-order valence-electron chi connectivity index (χ0n) is 12.1. The highest BCUT2D eigenvalue weighted by atomic mass is 79.9. The zero-order chi connectivity index (χ0) is 16.3. The van der Waals surface area contributed by atoms with Gasteiger partial charge in [0.1, 0.15) is 9.77 Å². The predicted molar refractivity (Wildman–Crippen MR) is 86.0 cm³/mol. The number of halogens is 1. The molecule has 0 aliphatic heterocycles. The second kappa shape index (κ2) is 7.19. The van der Waals surface area contributed by atoms with Gasteiger partial charge in [0.15, 0.2) is 0 Å². The van der Waals surface area contributed by atoms with E-state index in [1.165, 1.54) is 13.2 Å². The van der Waals surface area contributed by atoms with Gasteiger partial charge in [-0.1, -0.05) is 13.8 Å². The van der Waals surface area contributed by atoms with Crippen molar-refractivity contribution < 1.29 is 17.9 Å². The molecule has 0 unspecified atom stereocenters. The normalized spacial score (nSPS) is 12.4. The molecule has 1 aromatic rings. The molecule has 1 heterocycles. The van der Waals surface area contributed by atoms with Crippen LogP contribution in [0.1, 0.15) is 36.4 Å². The number of carbonyl (C=O) groups is 1. The summed E-state index contributed by atoms with van der Waals surface area (Å²) in [4.78, 5) is 11.7. The first kappa shape index (κ1) is 18.6. The molecule has 21 heavy (non-hydrogen) atoms. The number of nitrogens with one attached hydrogen (secondary N) is 1. The first-order valence-corrected chi connectivity index (χ1v) is 9.46. The largest absolute Gasteiger partial charge is 0.465 e.